The second-order valence-electron chi connectivity index (χ2n) is 6.01. The molecule has 0 aliphatic carbocycles. The summed E-state index contributed by atoms with van der Waals surface area (Å²) in [6, 6.07) is 16.4. The van der Waals surface area contributed by atoms with E-state index < -0.39 is 10.0 Å². The van der Waals surface area contributed by atoms with Crippen molar-refractivity contribution in [3.63, 3.8) is 0 Å². The van der Waals surface area contributed by atoms with Crippen molar-refractivity contribution in [1.29, 1.82) is 0 Å². The number of hydrogen-bond donors (Lipinski definition) is 3. The molecule has 2 aromatic carbocycles. The lowest BCUT2D eigenvalue weighted by Crippen LogP contribution is -2.40. The van der Waals surface area contributed by atoms with E-state index in [4.69, 9.17) is 17.0 Å². The first-order chi connectivity index (χ1) is 13.6. The molecule has 28 heavy (non-hydrogen) atoms. The first-order valence-electron chi connectivity index (χ1n) is 8.78. The fourth-order valence-corrected chi connectivity index (χ4v) is 4.20. The van der Waals surface area contributed by atoms with Crippen LogP contribution in [0.2, 0.25) is 0 Å². The summed E-state index contributed by atoms with van der Waals surface area (Å²) in [7, 11) is -3.50. The van der Waals surface area contributed by atoms with Crippen LogP contribution in [0.4, 0.5) is 5.69 Å². The first-order valence-corrected chi connectivity index (χ1v) is 10.6. The van der Waals surface area contributed by atoms with Crippen molar-refractivity contribution in [1.82, 2.24) is 15.2 Å². The topological polar surface area (TPSA) is 82.7 Å². The summed E-state index contributed by atoms with van der Waals surface area (Å²) >= 11 is 5.22. The molecule has 0 amide bonds. The van der Waals surface area contributed by atoms with Crippen LogP contribution >= 0.6 is 12.2 Å². The minimum Gasteiger partial charge on any atom is -0.379 e. The minimum atomic E-state index is -3.50. The Morgan fingerprint density at radius 2 is 1.71 bits per heavy atom. The molecule has 1 aliphatic heterocycles. The number of hydrogen-bond acceptors (Lipinski definition) is 5. The van der Waals surface area contributed by atoms with Crippen LogP contribution in [0, 0.1) is 0 Å². The third-order valence-electron chi connectivity index (χ3n) is 4.06. The molecule has 0 aromatic heterocycles. The van der Waals surface area contributed by atoms with Crippen molar-refractivity contribution in [2.75, 3.05) is 31.6 Å². The number of morpholine rings is 1. The summed E-state index contributed by atoms with van der Waals surface area (Å²) in [5.74, 6) is 0. The third-order valence-corrected chi connectivity index (χ3v) is 6.18. The van der Waals surface area contributed by atoms with Crippen molar-refractivity contribution in [3.05, 3.63) is 66.4 Å². The number of rotatable bonds is 6. The highest BCUT2D eigenvalue weighted by Crippen LogP contribution is 2.19. The summed E-state index contributed by atoms with van der Waals surface area (Å²) < 4.78 is 31.9. The maximum absolute atomic E-state index is 12.6. The van der Waals surface area contributed by atoms with E-state index in [0.29, 0.717) is 37.1 Å². The number of nitrogens with zero attached hydrogens (tertiary/aromatic N) is 1. The minimum absolute atomic E-state index is 0.253. The zero-order chi connectivity index (χ0) is 19.8. The van der Waals surface area contributed by atoms with Crippen LogP contribution in [0.5, 0.6) is 0 Å². The number of thiocarbonyl (C=S) groups is 1. The average Bonchev–Trinajstić information content (AvgIpc) is 2.73. The van der Waals surface area contributed by atoms with Crippen molar-refractivity contribution in [3.8, 4) is 0 Å². The summed E-state index contributed by atoms with van der Waals surface area (Å²) in [6.07, 6.45) is 3.64. The van der Waals surface area contributed by atoms with Crippen LogP contribution in [0.1, 0.15) is 5.56 Å². The van der Waals surface area contributed by atoms with E-state index >= 15 is 0 Å². The SMILES string of the molecule is O=S(=O)(c1ccc(NC(=S)NN/C=C/c2ccccc2)cc1)N1CCOCC1. The van der Waals surface area contributed by atoms with Gasteiger partial charge in [0.05, 0.1) is 18.1 Å². The van der Waals surface area contributed by atoms with Gasteiger partial charge in [-0.25, -0.2) is 8.42 Å². The van der Waals surface area contributed by atoms with Gasteiger partial charge in [0, 0.05) is 25.0 Å². The molecule has 3 rings (SSSR count). The molecule has 1 aliphatic rings. The fraction of sp³-hybridized carbons (Fsp3) is 0.211. The largest absolute Gasteiger partial charge is 0.379 e. The van der Waals surface area contributed by atoms with E-state index in [9.17, 15) is 8.42 Å². The van der Waals surface area contributed by atoms with Crippen molar-refractivity contribution in [2.24, 2.45) is 0 Å². The molecule has 2 aromatic rings. The summed E-state index contributed by atoms with van der Waals surface area (Å²) in [5, 5.41) is 3.36. The molecular formula is C19H22N4O3S2. The smallest absolute Gasteiger partial charge is 0.243 e. The highest BCUT2D eigenvalue weighted by Gasteiger charge is 2.26. The van der Waals surface area contributed by atoms with E-state index in [0.717, 1.165) is 5.56 Å². The van der Waals surface area contributed by atoms with E-state index in [-0.39, 0.29) is 4.90 Å². The number of nitrogens with one attached hydrogen (secondary N) is 3. The molecule has 0 atom stereocenters. The van der Waals surface area contributed by atoms with Crippen LogP contribution in [-0.2, 0) is 14.8 Å². The maximum Gasteiger partial charge on any atom is 0.243 e. The number of anilines is 1. The van der Waals surface area contributed by atoms with Crippen LogP contribution in [0.25, 0.3) is 6.08 Å². The molecular weight excluding hydrogens is 396 g/mol. The Balaban J connectivity index is 1.51. The zero-order valence-electron chi connectivity index (χ0n) is 15.2. The molecule has 1 heterocycles. The zero-order valence-corrected chi connectivity index (χ0v) is 16.8. The Kier molecular flexibility index (Phi) is 6.99. The molecule has 0 unspecified atom stereocenters. The number of ether oxygens (including phenoxy) is 1. The number of hydrazine groups is 1. The molecule has 0 saturated carbocycles. The lowest BCUT2D eigenvalue weighted by atomic mass is 10.2. The standard InChI is InChI=1S/C19H22N4O3S2/c24-28(25,23-12-14-26-15-13-23)18-8-6-17(7-9-18)21-19(27)22-20-11-10-16-4-2-1-3-5-16/h1-11,20H,12-15H2,(H2,21,22,27)/b11-10+. The Labute approximate surface area is 170 Å². The molecule has 0 radical (unpaired) electrons. The molecule has 148 valence electrons. The second kappa shape index (κ2) is 9.65. The number of sulfonamides is 1. The molecule has 3 N–H and O–H groups in total. The predicted octanol–water partition coefficient (Wildman–Crippen LogP) is 2.17. The van der Waals surface area contributed by atoms with Gasteiger partial charge in [-0.15, -0.1) is 0 Å². The van der Waals surface area contributed by atoms with E-state index in [1.165, 1.54) is 4.31 Å². The second-order valence-corrected chi connectivity index (χ2v) is 8.35. The van der Waals surface area contributed by atoms with Gasteiger partial charge in [-0.2, -0.15) is 4.31 Å². The Morgan fingerprint density at radius 3 is 2.39 bits per heavy atom. The van der Waals surface area contributed by atoms with Gasteiger partial charge in [0.2, 0.25) is 10.0 Å². The van der Waals surface area contributed by atoms with E-state index in [1.54, 1.807) is 30.5 Å². The monoisotopic (exact) mass is 418 g/mol. The molecule has 0 spiro atoms. The summed E-state index contributed by atoms with van der Waals surface area (Å²) in [6.45, 7) is 1.59. The maximum atomic E-state index is 12.6. The van der Waals surface area contributed by atoms with Gasteiger partial charge < -0.3 is 15.5 Å². The number of benzene rings is 2. The van der Waals surface area contributed by atoms with Crippen LogP contribution in [-0.4, -0.2) is 44.1 Å². The lowest BCUT2D eigenvalue weighted by Gasteiger charge is -2.26. The predicted molar refractivity (Wildman–Crippen MR) is 114 cm³/mol. The molecule has 0 bridgehead atoms. The highest BCUT2D eigenvalue weighted by atomic mass is 32.2. The molecule has 1 fully saturated rings. The Morgan fingerprint density at radius 1 is 1.04 bits per heavy atom. The van der Waals surface area contributed by atoms with Crippen molar-refractivity contribution < 1.29 is 13.2 Å². The van der Waals surface area contributed by atoms with Gasteiger partial charge in [0.1, 0.15) is 0 Å². The summed E-state index contributed by atoms with van der Waals surface area (Å²) in [4.78, 5) is 0.253. The van der Waals surface area contributed by atoms with Gasteiger partial charge in [0.25, 0.3) is 0 Å². The van der Waals surface area contributed by atoms with Crippen molar-refractivity contribution in [2.45, 2.75) is 4.90 Å². The molecule has 7 nitrogen and oxygen atoms in total. The van der Waals surface area contributed by atoms with Crippen molar-refractivity contribution >= 4 is 39.1 Å². The average molecular weight is 419 g/mol. The summed E-state index contributed by atoms with van der Waals surface area (Å²) in [5.41, 5.74) is 7.47. The van der Waals surface area contributed by atoms with Crippen LogP contribution in [0.3, 0.4) is 0 Å². The van der Waals surface area contributed by atoms with E-state index in [1.807, 2.05) is 36.4 Å². The fourth-order valence-electron chi connectivity index (χ4n) is 2.62. The van der Waals surface area contributed by atoms with Gasteiger partial charge in [0.15, 0.2) is 5.11 Å². The Hall–Kier alpha value is -2.46. The quantitative estimate of drug-likeness (QED) is 0.490. The van der Waals surface area contributed by atoms with Gasteiger partial charge >= 0.3 is 0 Å². The van der Waals surface area contributed by atoms with Gasteiger partial charge in [-0.05, 0) is 48.1 Å². The first kappa shape index (κ1) is 20.3. The highest BCUT2D eigenvalue weighted by molar-refractivity contribution is 7.89. The normalized spacial score (nSPS) is 15.3. The third kappa shape index (κ3) is 5.52. The Bertz CT molecular complexity index is 910. The van der Waals surface area contributed by atoms with Crippen LogP contribution < -0.4 is 16.2 Å². The lowest BCUT2D eigenvalue weighted by molar-refractivity contribution is 0.0730. The van der Waals surface area contributed by atoms with Gasteiger partial charge in [-0.3, -0.25) is 5.43 Å². The molecule has 9 heteroatoms. The van der Waals surface area contributed by atoms with Crippen LogP contribution in [0.15, 0.2) is 65.7 Å². The van der Waals surface area contributed by atoms with Gasteiger partial charge in [-0.1, -0.05) is 30.3 Å². The van der Waals surface area contributed by atoms with E-state index in [2.05, 4.69) is 16.2 Å². The molecule has 1 saturated heterocycles.